The van der Waals surface area contributed by atoms with Gasteiger partial charge in [0.15, 0.2) is 0 Å². The zero-order chi connectivity index (χ0) is 14.2. The Morgan fingerprint density at radius 2 is 2.00 bits per heavy atom. The molecule has 3 nitrogen and oxygen atoms in total. The standard InChI is InChI=1S/C12H15ClF3N3/c1-8-7-19(4-3-18(8)2)11-6-9(12(14,15)16)5-10(13)17-11/h5-6,8H,3-4,7H2,1-2H3. The number of anilines is 1. The topological polar surface area (TPSA) is 19.4 Å². The molecule has 7 heteroatoms. The van der Waals surface area contributed by atoms with Gasteiger partial charge in [0.25, 0.3) is 0 Å². The van der Waals surface area contributed by atoms with Gasteiger partial charge in [-0.05, 0) is 26.1 Å². The Kier molecular flexibility index (Phi) is 3.92. The predicted octanol–water partition coefficient (Wildman–Crippen LogP) is 2.89. The molecule has 0 aliphatic carbocycles. The minimum Gasteiger partial charge on any atom is -0.354 e. The van der Waals surface area contributed by atoms with Crippen LogP contribution < -0.4 is 4.90 Å². The molecule has 1 aliphatic rings. The van der Waals surface area contributed by atoms with Crippen LogP contribution in [0.3, 0.4) is 0 Å². The lowest BCUT2D eigenvalue weighted by molar-refractivity contribution is -0.137. The van der Waals surface area contributed by atoms with Crippen LogP contribution in [-0.4, -0.2) is 42.6 Å². The van der Waals surface area contributed by atoms with Crippen molar-refractivity contribution < 1.29 is 13.2 Å². The Labute approximate surface area is 115 Å². The molecule has 1 aliphatic heterocycles. The third-order valence-corrected chi connectivity index (χ3v) is 3.59. The number of aromatic nitrogens is 1. The van der Waals surface area contributed by atoms with Crippen LogP contribution in [0.25, 0.3) is 0 Å². The maximum atomic E-state index is 12.7. The van der Waals surface area contributed by atoms with Gasteiger partial charge in [0.1, 0.15) is 11.0 Å². The van der Waals surface area contributed by atoms with Crippen molar-refractivity contribution in [3.05, 3.63) is 22.8 Å². The van der Waals surface area contributed by atoms with E-state index in [4.69, 9.17) is 11.6 Å². The van der Waals surface area contributed by atoms with Crippen molar-refractivity contribution in [2.45, 2.75) is 19.1 Å². The molecule has 1 aromatic heterocycles. The Morgan fingerprint density at radius 1 is 1.32 bits per heavy atom. The highest BCUT2D eigenvalue weighted by Crippen LogP contribution is 2.33. The first-order valence-corrected chi connectivity index (χ1v) is 6.35. The molecule has 0 N–H and O–H groups in total. The molecule has 1 atom stereocenters. The number of likely N-dealkylation sites (N-methyl/N-ethyl adjacent to an activating group) is 1. The molecule has 0 spiro atoms. The molecule has 106 valence electrons. The van der Waals surface area contributed by atoms with E-state index >= 15 is 0 Å². The van der Waals surface area contributed by atoms with E-state index in [2.05, 4.69) is 9.88 Å². The molecule has 19 heavy (non-hydrogen) atoms. The van der Waals surface area contributed by atoms with Crippen molar-refractivity contribution in [1.82, 2.24) is 9.88 Å². The first kappa shape index (κ1) is 14.4. The monoisotopic (exact) mass is 293 g/mol. The number of alkyl halides is 3. The third kappa shape index (κ3) is 3.30. The van der Waals surface area contributed by atoms with E-state index in [0.29, 0.717) is 18.9 Å². The van der Waals surface area contributed by atoms with Gasteiger partial charge in [-0.2, -0.15) is 13.2 Å². The van der Waals surface area contributed by atoms with Crippen LogP contribution in [0, 0.1) is 0 Å². The lowest BCUT2D eigenvalue weighted by Crippen LogP contribution is -2.50. The van der Waals surface area contributed by atoms with E-state index in [-0.39, 0.29) is 11.2 Å². The minimum atomic E-state index is -4.40. The average Bonchev–Trinajstić information content (AvgIpc) is 2.31. The number of rotatable bonds is 1. The summed E-state index contributed by atoms with van der Waals surface area (Å²) in [4.78, 5) is 8.00. The number of hydrogen-bond donors (Lipinski definition) is 0. The summed E-state index contributed by atoms with van der Waals surface area (Å²) >= 11 is 5.69. The van der Waals surface area contributed by atoms with Gasteiger partial charge in [-0.25, -0.2) is 4.98 Å². The second-order valence-corrected chi connectivity index (χ2v) is 5.20. The van der Waals surface area contributed by atoms with E-state index < -0.39 is 11.7 Å². The fraction of sp³-hybridized carbons (Fsp3) is 0.583. The van der Waals surface area contributed by atoms with Gasteiger partial charge < -0.3 is 9.80 Å². The molecule has 0 amide bonds. The second kappa shape index (κ2) is 5.17. The summed E-state index contributed by atoms with van der Waals surface area (Å²) in [6, 6.07) is 2.18. The fourth-order valence-electron chi connectivity index (χ4n) is 2.07. The maximum Gasteiger partial charge on any atom is 0.416 e. The summed E-state index contributed by atoms with van der Waals surface area (Å²) in [7, 11) is 1.99. The molecule has 1 fully saturated rings. The molecule has 1 saturated heterocycles. The van der Waals surface area contributed by atoms with Crippen LogP contribution in [0.4, 0.5) is 19.0 Å². The normalized spacial score (nSPS) is 21.8. The first-order valence-electron chi connectivity index (χ1n) is 5.97. The second-order valence-electron chi connectivity index (χ2n) is 4.81. The van der Waals surface area contributed by atoms with E-state index in [1.54, 1.807) is 0 Å². The van der Waals surface area contributed by atoms with Gasteiger partial charge in [0.05, 0.1) is 5.56 Å². The van der Waals surface area contributed by atoms with Gasteiger partial charge in [-0.1, -0.05) is 11.6 Å². The van der Waals surface area contributed by atoms with Gasteiger partial charge in [0.2, 0.25) is 0 Å². The highest BCUT2D eigenvalue weighted by atomic mass is 35.5. The smallest absolute Gasteiger partial charge is 0.354 e. The Morgan fingerprint density at radius 3 is 2.58 bits per heavy atom. The van der Waals surface area contributed by atoms with Gasteiger partial charge in [-0.3, -0.25) is 0 Å². The van der Waals surface area contributed by atoms with Crippen molar-refractivity contribution in [2.24, 2.45) is 0 Å². The third-order valence-electron chi connectivity index (χ3n) is 3.39. The fourth-order valence-corrected chi connectivity index (χ4v) is 2.27. The van der Waals surface area contributed by atoms with Crippen LogP contribution in [0.5, 0.6) is 0 Å². The molecule has 1 unspecified atom stereocenters. The Bertz CT molecular complexity index is 464. The summed E-state index contributed by atoms with van der Waals surface area (Å²) in [5, 5.41) is -0.128. The molecule has 0 aromatic carbocycles. The molecule has 0 saturated carbocycles. The highest BCUT2D eigenvalue weighted by molar-refractivity contribution is 6.29. The quantitative estimate of drug-likeness (QED) is 0.742. The van der Waals surface area contributed by atoms with Gasteiger partial charge in [0, 0.05) is 25.7 Å². The van der Waals surface area contributed by atoms with E-state index in [1.807, 2.05) is 18.9 Å². The number of nitrogens with zero attached hydrogens (tertiary/aromatic N) is 3. The highest BCUT2D eigenvalue weighted by Gasteiger charge is 2.32. The number of pyridine rings is 1. The lowest BCUT2D eigenvalue weighted by Gasteiger charge is -2.38. The van der Waals surface area contributed by atoms with Gasteiger partial charge in [-0.15, -0.1) is 0 Å². The van der Waals surface area contributed by atoms with Crippen molar-refractivity contribution in [2.75, 3.05) is 31.6 Å². The SMILES string of the molecule is CC1CN(c2cc(C(F)(F)F)cc(Cl)n2)CCN1C. The summed E-state index contributed by atoms with van der Waals surface area (Å²) < 4.78 is 38.2. The van der Waals surface area contributed by atoms with E-state index in [0.717, 1.165) is 18.7 Å². The molecular formula is C12H15ClF3N3. The van der Waals surface area contributed by atoms with Crippen molar-refractivity contribution >= 4 is 17.4 Å². The zero-order valence-corrected chi connectivity index (χ0v) is 11.5. The number of halogens is 4. The molecule has 2 rings (SSSR count). The summed E-state index contributed by atoms with van der Waals surface area (Å²) in [6.45, 7) is 4.10. The van der Waals surface area contributed by atoms with Crippen LogP contribution >= 0.6 is 11.6 Å². The largest absolute Gasteiger partial charge is 0.416 e. The van der Waals surface area contributed by atoms with Crippen molar-refractivity contribution in [1.29, 1.82) is 0 Å². The van der Waals surface area contributed by atoms with Crippen LogP contribution in [-0.2, 0) is 6.18 Å². The van der Waals surface area contributed by atoms with Crippen LogP contribution in [0.1, 0.15) is 12.5 Å². The molecular weight excluding hydrogens is 279 g/mol. The lowest BCUT2D eigenvalue weighted by atomic mass is 10.2. The molecule has 0 bridgehead atoms. The summed E-state index contributed by atoms with van der Waals surface area (Å²) in [5.41, 5.74) is -0.755. The number of piperazine rings is 1. The van der Waals surface area contributed by atoms with Crippen LogP contribution in [0.15, 0.2) is 12.1 Å². The molecule has 2 heterocycles. The van der Waals surface area contributed by atoms with Crippen molar-refractivity contribution in [3.63, 3.8) is 0 Å². The minimum absolute atomic E-state index is 0.128. The first-order chi connectivity index (χ1) is 8.77. The average molecular weight is 294 g/mol. The summed E-state index contributed by atoms with van der Waals surface area (Å²) in [6.07, 6.45) is -4.40. The van der Waals surface area contributed by atoms with E-state index in [1.165, 1.54) is 0 Å². The van der Waals surface area contributed by atoms with Crippen molar-refractivity contribution in [3.8, 4) is 0 Å². The predicted molar refractivity (Wildman–Crippen MR) is 68.6 cm³/mol. The van der Waals surface area contributed by atoms with Gasteiger partial charge >= 0.3 is 6.18 Å². The molecule has 0 radical (unpaired) electrons. The number of hydrogen-bond acceptors (Lipinski definition) is 3. The zero-order valence-electron chi connectivity index (χ0n) is 10.7. The molecule has 1 aromatic rings. The Balaban J connectivity index is 2.28. The maximum absolute atomic E-state index is 12.7. The Hall–Kier alpha value is -1.01. The van der Waals surface area contributed by atoms with Crippen LogP contribution in [0.2, 0.25) is 5.15 Å². The van der Waals surface area contributed by atoms with E-state index in [9.17, 15) is 13.2 Å². The summed E-state index contributed by atoms with van der Waals surface area (Å²) in [5.74, 6) is 0.291.